The van der Waals surface area contributed by atoms with Crippen LogP contribution in [0.1, 0.15) is 56.0 Å². The van der Waals surface area contributed by atoms with Gasteiger partial charge in [0.05, 0.1) is 6.10 Å². The number of hydrogen-bond acceptors (Lipinski definition) is 3. The summed E-state index contributed by atoms with van der Waals surface area (Å²) in [4.78, 5) is 26.0. The zero-order valence-electron chi connectivity index (χ0n) is 14.8. The lowest BCUT2D eigenvalue weighted by molar-refractivity contribution is -0.118. The molecule has 2 N–H and O–H groups in total. The van der Waals surface area contributed by atoms with E-state index < -0.39 is 6.10 Å². The van der Waals surface area contributed by atoms with Crippen molar-refractivity contribution in [2.24, 2.45) is 5.92 Å². The molecule has 0 aliphatic carbocycles. The highest BCUT2D eigenvalue weighted by Crippen LogP contribution is 2.29. The number of hydrogen-bond donors (Lipinski definition) is 2. The van der Waals surface area contributed by atoms with E-state index in [-0.39, 0.29) is 24.3 Å². The monoisotopic (exact) mass is 332 g/mol. The van der Waals surface area contributed by atoms with Crippen LogP contribution in [0.15, 0.2) is 18.2 Å². The lowest BCUT2D eigenvalue weighted by atomic mass is 9.96. The molecule has 0 radical (unpaired) electrons. The molecule has 1 aromatic rings. The third-order valence-electron chi connectivity index (χ3n) is 4.91. The number of benzene rings is 1. The number of nitrogens with one attached hydrogen (secondary N) is 1. The molecule has 1 aliphatic rings. The molecule has 24 heavy (non-hydrogen) atoms. The summed E-state index contributed by atoms with van der Waals surface area (Å²) < 4.78 is 0. The molecule has 0 aromatic heterocycles. The molecule has 1 unspecified atom stereocenters. The molecule has 2 rings (SSSR count). The van der Waals surface area contributed by atoms with Gasteiger partial charge in [-0.25, -0.2) is 0 Å². The quantitative estimate of drug-likeness (QED) is 0.806. The van der Waals surface area contributed by atoms with Gasteiger partial charge in [0, 0.05) is 30.8 Å². The molecule has 0 fully saturated rings. The maximum atomic E-state index is 12.3. The summed E-state index contributed by atoms with van der Waals surface area (Å²) in [6, 6.07) is 5.46. The van der Waals surface area contributed by atoms with Crippen molar-refractivity contribution in [2.45, 2.75) is 52.6 Å². The Morgan fingerprint density at radius 3 is 2.58 bits per heavy atom. The maximum Gasteiger partial charge on any atom is 0.251 e. The standard InChI is InChI=1S/C19H28N2O3/c1-4-13(5-2)17(22)12-20-19(24)15-7-8-16-14(11-15)9-10-21(16)18(23)6-3/h7-8,11,13,17,22H,4-6,9-10,12H2,1-3H3,(H,20,24). The number of rotatable bonds is 7. The van der Waals surface area contributed by atoms with Crippen molar-refractivity contribution >= 4 is 17.5 Å². The van der Waals surface area contributed by atoms with Gasteiger partial charge in [0.15, 0.2) is 0 Å². The van der Waals surface area contributed by atoms with Gasteiger partial charge in [-0.2, -0.15) is 0 Å². The van der Waals surface area contributed by atoms with Gasteiger partial charge < -0.3 is 15.3 Å². The zero-order valence-corrected chi connectivity index (χ0v) is 14.8. The number of amides is 2. The second kappa shape index (κ2) is 8.29. The fourth-order valence-corrected chi connectivity index (χ4v) is 3.29. The summed E-state index contributed by atoms with van der Waals surface area (Å²) >= 11 is 0. The second-order valence-corrected chi connectivity index (χ2v) is 6.35. The first-order valence-electron chi connectivity index (χ1n) is 8.91. The zero-order chi connectivity index (χ0) is 17.7. The van der Waals surface area contributed by atoms with Crippen molar-refractivity contribution < 1.29 is 14.7 Å². The minimum Gasteiger partial charge on any atom is -0.391 e. The van der Waals surface area contributed by atoms with Gasteiger partial charge in [-0.1, -0.05) is 33.6 Å². The Morgan fingerprint density at radius 2 is 1.96 bits per heavy atom. The third kappa shape index (κ3) is 3.96. The van der Waals surface area contributed by atoms with Crippen LogP contribution < -0.4 is 10.2 Å². The van der Waals surface area contributed by atoms with Gasteiger partial charge in [-0.15, -0.1) is 0 Å². The summed E-state index contributed by atoms with van der Waals surface area (Å²) in [6.45, 7) is 6.89. The van der Waals surface area contributed by atoms with Gasteiger partial charge in [0.1, 0.15) is 0 Å². The Balaban J connectivity index is 2.01. The number of aliphatic hydroxyl groups is 1. The number of aliphatic hydroxyl groups excluding tert-OH is 1. The first-order chi connectivity index (χ1) is 11.5. The van der Waals surface area contributed by atoms with Crippen molar-refractivity contribution in [1.82, 2.24) is 5.32 Å². The molecule has 132 valence electrons. The van der Waals surface area contributed by atoms with E-state index in [2.05, 4.69) is 5.32 Å². The Labute approximate surface area is 144 Å². The van der Waals surface area contributed by atoms with Gasteiger partial charge in [0.25, 0.3) is 5.91 Å². The first-order valence-corrected chi connectivity index (χ1v) is 8.91. The van der Waals surface area contributed by atoms with Crippen LogP contribution in [-0.4, -0.2) is 36.1 Å². The maximum absolute atomic E-state index is 12.3. The molecule has 0 saturated heterocycles. The van der Waals surface area contributed by atoms with Crippen LogP contribution in [0.4, 0.5) is 5.69 Å². The summed E-state index contributed by atoms with van der Waals surface area (Å²) in [5.74, 6) is 0.140. The van der Waals surface area contributed by atoms with Crippen molar-refractivity contribution in [1.29, 1.82) is 0 Å². The van der Waals surface area contributed by atoms with Crippen molar-refractivity contribution in [3.05, 3.63) is 29.3 Å². The fraction of sp³-hybridized carbons (Fsp3) is 0.579. The molecular formula is C19H28N2O3. The van der Waals surface area contributed by atoms with E-state index in [0.717, 1.165) is 30.5 Å². The highest BCUT2D eigenvalue weighted by molar-refractivity contribution is 5.98. The second-order valence-electron chi connectivity index (χ2n) is 6.35. The third-order valence-corrected chi connectivity index (χ3v) is 4.91. The van der Waals surface area contributed by atoms with E-state index in [9.17, 15) is 14.7 Å². The van der Waals surface area contributed by atoms with Gasteiger partial charge >= 0.3 is 0 Å². The van der Waals surface area contributed by atoms with Crippen molar-refractivity contribution in [2.75, 3.05) is 18.0 Å². The van der Waals surface area contributed by atoms with Crippen LogP contribution in [0.5, 0.6) is 0 Å². The molecule has 2 amide bonds. The molecular weight excluding hydrogens is 304 g/mol. The minimum atomic E-state index is -0.518. The molecule has 0 saturated carbocycles. The molecule has 0 bridgehead atoms. The first kappa shape index (κ1) is 18.5. The number of fused-ring (bicyclic) bond motifs is 1. The smallest absolute Gasteiger partial charge is 0.251 e. The topological polar surface area (TPSA) is 69.6 Å². The Bertz CT molecular complexity index is 596. The Kier molecular flexibility index (Phi) is 6.37. The van der Waals surface area contributed by atoms with E-state index in [4.69, 9.17) is 0 Å². The Hall–Kier alpha value is -1.88. The molecule has 1 atom stereocenters. The summed E-state index contributed by atoms with van der Waals surface area (Å²) in [5.41, 5.74) is 2.52. The van der Waals surface area contributed by atoms with E-state index >= 15 is 0 Å². The van der Waals surface area contributed by atoms with Crippen molar-refractivity contribution in [3.8, 4) is 0 Å². The highest BCUT2D eigenvalue weighted by Gasteiger charge is 2.24. The largest absolute Gasteiger partial charge is 0.391 e. The molecule has 1 aliphatic heterocycles. The van der Waals surface area contributed by atoms with E-state index in [1.54, 1.807) is 11.0 Å². The summed E-state index contributed by atoms with van der Waals surface area (Å²) in [5, 5.41) is 12.9. The summed E-state index contributed by atoms with van der Waals surface area (Å²) in [6.07, 6.45) is 2.53. The van der Waals surface area contributed by atoms with Crippen LogP contribution in [0.25, 0.3) is 0 Å². The number of anilines is 1. The predicted octanol–water partition coefficient (Wildman–Crippen LogP) is 2.51. The highest BCUT2D eigenvalue weighted by atomic mass is 16.3. The number of nitrogens with zero attached hydrogens (tertiary/aromatic N) is 1. The van der Waals surface area contributed by atoms with E-state index in [1.165, 1.54) is 0 Å². The molecule has 1 aromatic carbocycles. The van der Waals surface area contributed by atoms with Crippen molar-refractivity contribution in [3.63, 3.8) is 0 Å². The van der Waals surface area contributed by atoms with Crippen LogP contribution in [0, 0.1) is 5.92 Å². The van der Waals surface area contributed by atoms with Crippen LogP contribution in [0.2, 0.25) is 0 Å². The lowest BCUT2D eigenvalue weighted by Gasteiger charge is -2.20. The molecule has 5 heteroatoms. The van der Waals surface area contributed by atoms with Crippen LogP contribution in [0.3, 0.4) is 0 Å². The Morgan fingerprint density at radius 1 is 1.25 bits per heavy atom. The molecule has 0 spiro atoms. The van der Waals surface area contributed by atoms with E-state index in [1.807, 2.05) is 32.9 Å². The van der Waals surface area contributed by atoms with Gasteiger partial charge in [-0.3, -0.25) is 9.59 Å². The average molecular weight is 332 g/mol. The average Bonchev–Trinajstić information content (AvgIpc) is 3.03. The number of carbonyl (C=O) groups excluding carboxylic acids is 2. The SMILES string of the molecule is CCC(=O)N1CCc2cc(C(=O)NCC(O)C(CC)CC)ccc21. The van der Waals surface area contributed by atoms with Gasteiger partial charge in [-0.05, 0) is 36.1 Å². The fourth-order valence-electron chi connectivity index (χ4n) is 3.29. The molecule has 5 nitrogen and oxygen atoms in total. The number of carbonyl (C=O) groups is 2. The lowest BCUT2D eigenvalue weighted by Crippen LogP contribution is -2.36. The van der Waals surface area contributed by atoms with E-state index in [0.29, 0.717) is 18.5 Å². The minimum absolute atomic E-state index is 0.110. The van der Waals surface area contributed by atoms with Gasteiger partial charge in [0.2, 0.25) is 5.91 Å². The van der Waals surface area contributed by atoms with Crippen LogP contribution >= 0.6 is 0 Å². The predicted molar refractivity (Wildman–Crippen MR) is 95.2 cm³/mol. The molecule has 1 heterocycles. The normalized spacial score (nSPS) is 14.6. The summed E-state index contributed by atoms with van der Waals surface area (Å²) in [7, 11) is 0. The van der Waals surface area contributed by atoms with Crippen LogP contribution in [-0.2, 0) is 11.2 Å².